The maximum absolute atomic E-state index is 12.5. The highest BCUT2D eigenvalue weighted by Crippen LogP contribution is 2.30. The highest BCUT2D eigenvalue weighted by molar-refractivity contribution is 5.89. The lowest BCUT2D eigenvalue weighted by Gasteiger charge is -2.30. The third-order valence-electron chi connectivity index (χ3n) is 4.76. The average molecular weight is 340 g/mol. The molecule has 0 bridgehead atoms. The van der Waals surface area contributed by atoms with Crippen molar-refractivity contribution in [3.05, 3.63) is 48.0 Å². The number of nitrogens with one attached hydrogen (secondary N) is 2. The third kappa shape index (κ3) is 3.63. The molecule has 2 aromatic carbocycles. The minimum atomic E-state index is -1.05. The highest BCUT2D eigenvalue weighted by Gasteiger charge is 2.34. The molecule has 6 heteroatoms. The molecule has 130 valence electrons. The number of benzene rings is 2. The molecule has 6 nitrogen and oxygen atoms in total. The van der Waals surface area contributed by atoms with Crippen molar-refractivity contribution in [2.45, 2.75) is 37.3 Å². The highest BCUT2D eigenvalue weighted by atomic mass is 16.4. The zero-order valence-electron chi connectivity index (χ0n) is 13.6. The lowest BCUT2D eigenvalue weighted by Crippen LogP contribution is -2.53. The fraction of sp³-hybridized carbons (Fsp3) is 0.316. The number of carbonyl (C=O) groups is 3. The van der Waals surface area contributed by atoms with Gasteiger partial charge in [-0.1, -0.05) is 48.9 Å². The molecule has 2 aromatic rings. The largest absolute Gasteiger partial charge is 0.480 e. The van der Waals surface area contributed by atoms with Crippen molar-refractivity contribution in [2.75, 3.05) is 0 Å². The maximum Gasteiger partial charge on any atom is 0.326 e. The molecule has 1 aliphatic rings. The first-order valence-electron chi connectivity index (χ1n) is 8.31. The molecule has 3 unspecified atom stereocenters. The predicted octanol–water partition coefficient (Wildman–Crippen LogP) is 1.79. The normalized spacial score (nSPS) is 24.0. The number of hydrogen-bond donors (Lipinski definition) is 3. The van der Waals surface area contributed by atoms with Gasteiger partial charge in [-0.3, -0.25) is 9.59 Å². The van der Waals surface area contributed by atoms with E-state index in [1.54, 1.807) is 0 Å². The van der Waals surface area contributed by atoms with Crippen molar-refractivity contribution in [3.8, 4) is 0 Å². The van der Waals surface area contributed by atoms with Crippen LogP contribution in [0.15, 0.2) is 42.5 Å². The van der Waals surface area contributed by atoms with Gasteiger partial charge in [-0.2, -0.15) is 0 Å². The van der Waals surface area contributed by atoms with Crippen LogP contribution in [-0.2, 0) is 14.4 Å². The summed E-state index contributed by atoms with van der Waals surface area (Å²) in [4.78, 5) is 34.8. The van der Waals surface area contributed by atoms with Crippen LogP contribution in [0.25, 0.3) is 10.8 Å². The van der Waals surface area contributed by atoms with E-state index in [0.717, 1.165) is 16.3 Å². The Labute approximate surface area is 145 Å². The molecule has 1 heterocycles. The first kappa shape index (κ1) is 17.0. The Morgan fingerprint density at radius 1 is 1.16 bits per heavy atom. The van der Waals surface area contributed by atoms with Gasteiger partial charge in [0.05, 0.1) is 0 Å². The summed E-state index contributed by atoms with van der Waals surface area (Å²) in [6.07, 6.45) is 2.14. The van der Waals surface area contributed by atoms with Gasteiger partial charge in [0.2, 0.25) is 12.3 Å². The Morgan fingerprint density at radius 2 is 1.92 bits per heavy atom. The molecule has 1 fully saturated rings. The molecular formula is C19H20N2O4. The van der Waals surface area contributed by atoms with Gasteiger partial charge in [-0.05, 0) is 29.2 Å². The molecule has 0 radical (unpaired) electrons. The van der Waals surface area contributed by atoms with Crippen molar-refractivity contribution in [3.63, 3.8) is 0 Å². The lowest BCUT2D eigenvalue weighted by molar-refractivity contribution is -0.142. The third-order valence-corrected chi connectivity index (χ3v) is 4.76. The molecule has 0 spiro atoms. The number of hydrogen-bond acceptors (Lipinski definition) is 3. The number of aliphatic carboxylic acids is 1. The van der Waals surface area contributed by atoms with Gasteiger partial charge >= 0.3 is 5.97 Å². The Kier molecular flexibility index (Phi) is 4.97. The van der Waals surface area contributed by atoms with E-state index in [1.807, 2.05) is 42.5 Å². The molecule has 3 atom stereocenters. The Balaban J connectivity index is 1.94. The van der Waals surface area contributed by atoms with Crippen LogP contribution in [0.1, 0.15) is 30.7 Å². The van der Waals surface area contributed by atoms with Crippen LogP contribution in [0.2, 0.25) is 0 Å². The molecule has 3 N–H and O–H groups in total. The van der Waals surface area contributed by atoms with E-state index in [9.17, 15) is 19.5 Å². The Morgan fingerprint density at radius 3 is 2.64 bits per heavy atom. The minimum absolute atomic E-state index is 0.204. The number of carbonyl (C=O) groups excluding carboxylic acids is 2. The zero-order chi connectivity index (χ0) is 17.8. The molecule has 3 rings (SSSR count). The quantitative estimate of drug-likeness (QED) is 0.740. The van der Waals surface area contributed by atoms with Crippen LogP contribution >= 0.6 is 0 Å². The van der Waals surface area contributed by atoms with Crippen molar-refractivity contribution in [1.29, 1.82) is 0 Å². The van der Waals surface area contributed by atoms with Crippen LogP contribution in [0.4, 0.5) is 0 Å². The first-order chi connectivity index (χ1) is 12.1. The van der Waals surface area contributed by atoms with Crippen LogP contribution in [0.5, 0.6) is 0 Å². The van der Waals surface area contributed by atoms with Gasteiger partial charge in [-0.25, -0.2) is 4.79 Å². The van der Waals surface area contributed by atoms with E-state index in [0.29, 0.717) is 25.7 Å². The van der Waals surface area contributed by atoms with Crippen LogP contribution in [0, 0.1) is 0 Å². The molecule has 1 saturated heterocycles. The van der Waals surface area contributed by atoms with Gasteiger partial charge in [0.25, 0.3) is 0 Å². The van der Waals surface area contributed by atoms with Crippen molar-refractivity contribution in [2.24, 2.45) is 0 Å². The summed E-state index contributed by atoms with van der Waals surface area (Å²) >= 11 is 0. The maximum atomic E-state index is 12.5. The summed E-state index contributed by atoms with van der Waals surface area (Å²) in [5.74, 6) is -1.72. The second-order valence-corrected chi connectivity index (χ2v) is 6.31. The van der Waals surface area contributed by atoms with E-state index in [4.69, 9.17) is 0 Å². The summed E-state index contributed by atoms with van der Waals surface area (Å²) in [5, 5.41) is 16.5. The molecule has 0 aliphatic carbocycles. The number of rotatable bonds is 4. The van der Waals surface area contributed by atoms with Gasteiger partial charge in [0.1, 0.15) is 12.1 Å². The van der Waals surface area contributed by atoms with Gasteiger partial charge in [-0.15, -0.1) is 0 Å². The van der Waals surface area contributed by atoms with E-state index < -0.39 is 24.0 Å². The Hall–Kier alpha value is -2.89. The first-order valence-corrected chi connectivity index (χ1v) is 8.31. The summed E-state index contributed by atoms with van der Waals surface area (Å²) in [6.45, 7) is 0. The smallest absolute Gasteiger partial charge is 0.326 e. The SMILES string of the molecule is O=CNC1C(=O)NC(C(=O)O)CCCC1c1ccc2ccccc2c1. The fourth-order valence-electron chi connectivity index (χ4n) is 3.47. The summed E-state index contributed by atoms with van der Waals surface area (Å²) in [5.41, 5.74) is 0.960. The van der Waals surface area contributed by atoms with Gasteiger partial charge in [0.15, 0.2) is 0 Å². The molecule has 25 heavy (non-hydrogen) atoms. The number of carboxylic acid groups (broad SMARTS) is 1. The standard InChI is InChI=1S/C19H20N2O4/c22-11-20-17-15(6-3-7-16(19(24)25)21-18(17)23)14-9-8-12-4-1-2-5-13(12)10-14/h1-2,4-5,8-11,15-17H,3,6-7H2,(H,20,22)(H,21,23)(H,24,25). The number of fused-ring (bicyclic) bond motifs is 1. The van der Waals surface area contributed by atoms with Crippen LogP contribution in [-0.4, -0.2) is 35.5 Å². The monoisotopic (exact) mass is 340 g/mol. The Bertz CT molecular complexity index is 805. The van der Waals surface area contributed by atoms with Crippen LogP contribution in [0.3, 0.4) is 0 Å². The van der Waals surface area contributed by atoms with E-state index in [-0.39, 0.29) is 5.92 Å². The summed E-state index contributed by atoms with van der Waals surface area (Å²) in [6, 6.07) is 12.2. The topological polar surface area (TPSA) is 95.5 Å². The van der Waals surface area contributed by atoms with Gasteiger partial charge < -0.3 is 15.7 Å². The minimum Gasteiger partial charge on any atom is -0.480 e. The van der Waals surface area contributed by atoms with E-state index >= 15 is 0 Å². The second-order valence-electron chi connectivity index (χ2n) is 6.31. The van der Waals surface area contributed by atoms with E-state index in [2.05, 4.69) is 10.6 Å². The summed E-state index contributed by atoms with van der Waals surface area (Å²) < 4.78 is 0. The average Bonchev–Trinajstić information content (AvgIpc) is 2.60. The van der Waals surface area contributed by atoms with Crippen molar-refractivity contribution >= 4 is 29.1 Å². The summed E-state index contributed by atoms with van der Waals surface area (Å²) in [7, 11) is 0. The molecule has 0 saturated carbocycles. The van der Waals surface area contributed by atoms with Crippen LogP contribution < -0.4 is 10.6 Å². The molecular weight excluding hydrogens is 320 g/mol. The number of amides is 2. The zero-order valence-corrected chi connectivity index (χ0v) is 13.6. The fourth-order valence-corrected chi connectivity index (χ4v) is 3.47. The molecule has 0 aromatic heterocycles. The lowest BCUT2D eigenvalue weighted by atomic mass is 9.83. The van der Waals surface area contributed by atoms with Crippen molar-refractivity contribution < 1.29 is 19.5 Å². The molecule has 2 amide bonds. The predicted molar refractivity (Wildman–Crippen MR) is 93.1 cm³/mol. The van der Waals surface area contributed by atoms with E-state index in [1.165, 1.54) is 0 Å². The number of carboxylic acids is 1. The van der Waals surface area contributed by atoms with Gasteiger partial charge in [0, 0.05) is 5.92 Å². The second kappa shape index (κ2) is 7.34. The van der Waals surface area contributed by atoms with Crippen molar-refractivity contribution in [1.82, 2.24) is 10.6 Å². The molecule has 1 aliphatic heterocycles.